The van der Waals surface area contributed by atoms with Crippen LogP contribution in [0.4, 0.5) is 17.6 Å². The van der Waals surface area contributed by atoms with E-state index in [1.807, 2.05) is 0 Å². The summed E-state index contributed by atoms with van der Waals surface area (Å²) in [5, 5.41) is 2.78. The maximum Gasteiger partial charge on any atom is 0.130 e. The van der Waals surface area contributed by atoms with E-state index >= 15 is 0 Å². The first-order valence-corrected chi connectivity index (χ1v) is 6.10. The molecule has 2 rings (SSSR count). The zero-order chi connectivity index (χ0) is 14.7. The lowest BCUT2D eigenvalue weighted by Gasteiger charge is -2.16. The van der Waals surface area contributed by atoms with E-state index in [1.54, 1.807) is 6.92 Å². The second-order valence-corrected chi connectivity index (χ2v) is 4.47. The monoisotopic (exact) mass is 283 g/mol. The van der Waals surface area contributed by atoms with Gasteiger partial charge < -0.3 is 5.32 Å². The predicted octanol–water partition coefficient (Wildman–Crippen LogP) is 4.09. The number of halogens is 4. The number of hydrogen-bond acceptors (Lipinski definition) is 1. The summed E-state index contributed by atoms with van der Waals surface area (Å²) in [7, 11) is 0. The van der Waals surface area contributed by atoms with Crippen molar-refractivity contribution >= 4 is 0 Å². The smallest absolute Gasteiger partial charge is 0.130 e. The van der Waals surface area contributed by atoms with Gasteiger partial charge in [-0.05, 0) is 37.3 Å². The highest BCUT2D eigenvalue weighted by atomic mass is 19.1. The van der Waals surface area contributed by atoms with Gasteiger partial charge in [0.05, 0.1) is 0 Å². The molecule has 1 nitrogen and oxygen atoms in total. The Kier molecular flexibility index (Phi) is 4.39. The van der Waals surface area contributed by atoms with Gasteiger partial charge in [0.25, 0.3) is 0 Å². The molecule has 0 fully saturated rings. The van der Waals surface area contributed by atoms with E-state index in [1.165, 1.54) is 6.07 Å². The van der Waals surface area contributed by atoms with Crippen LogP contribution in [0.3, 0.4) is 0 Å². The molecule has 0 heterocycles. The summed E-state index contributed by atoms with van der Waals surface area (Å²) in [6, 6.07) is 5.98. The third kappa shape index (κ3) is 3.17. The third-order valence-corrected chi connectivity index (χ3v) is 3.04. The molecule has 0 spiro atoms. The molecular formula is C15H13F4N. The maximum atomic E-state index is 13.6. The lowest BCUT2D eigenvalue weighted by molar-refractivity contribution is 0.480. The van der Waals surface area contributed by atoms with Crippen LogP contribution in [0, 0.1) is 23.3 Å². The van der Waals surface area contributed by atoms with E-state index in [0.717, 1.165) is 30.3 Å². The van der Waals surface area contributed by atoms with Crippen molar-refractivity contribution in [2.75, 3.05) is 0 Å². The van der Waals surface area contributed by atoms with Crippen LogP contribution >= 0.6 is 0 Å². The van der Waals surface area contributed by atoms with Crippen molar-refractivity contribution in [1.82, 2.24) is 5.32 Å². The molecule has 1 N–H and O–H groups in total. The standard InChI is InChI=1S/C15H13F4N/c1-9(15-13(18)3-2-4-14(15)19)20-8-10-7-11(16)5-6-12(10)17/h2-7,9,20H,8H2,1H3. The summed E-state index contributed by atoms with van der Waals surface area (Å²) < 4.78 is 53.5. The average Bonchev–Trinajstić information content (AvgIpc) is 2.39. The van der Waals surface area contributed by atoms with E-state index in [9.17, 15) is 17.6 Å². The van der Waals surface area contributed by atoms with Gasteiger partial charge in [-0.15, -0.1) is 0 Å². The van der Waals surface area contributed by atoms with Crippen LogP contribution in [0.25, 0.3) is 0 Å². The second kappa shape index (κ2) is 6.05. The zero-order valence-electron chi connectivity index (χ0n) is 10.8. The molecule has 20 heavy (non-hydrogen) atoms. The average molecular weight is 283 g/mol. The molecule has 1 atom stereocenters. The molecule has 2 aromatic carbocycles. The van der Waals surface area contributed by atoms with E-state index in [0.29, 0.717) is 0 Å². The maximum absolute atomic E-state index is 13.6. The van der Waals surface area contributed by atoms with Gasteiger partial charge in [0.1, 0.15) is 23.3 Å². The fraction of sp³-hybridized carbons (Fsp3) is 0.200. The molecule has 0 radical (unpaired) electrons. The molecule has 0 amide bonds. The van der Waals surface area contributed by atoms with Gasteiger partial charge in [-0.1, -0.05) is 6.07 Å². The van der Waals surface area contributed by atoms with Crippen molar-refractivity contribution in [1.29, 1.82) is 0 Å². The van der Waals surface area contributed by atoms with Crippen molar-refractivity contribution in [3.63, 3.8) is 0 Å². The van der Waals surface area contributed by atoms with Gasteiger partial charge in [0.15, 0.2) is 0 Å². The first-order chi connectivity index (χ1) is 9.49. The summed E-state index contributed by atoms with van der Waals surface area (Å²) in [6.07, 6.45) is 0. The molecule has 0 aliphatic rings. The highest BCUT2D eigenvalue weighted by Crippen LogP contribution is 2.21. The van der Waals surface area contributed by atoms with Crippen LogP contribution < -0.4 is 5.32 Å². The van der Waals surface area contributed by atoms with E-state index in [4.69, 9.17) is 0 Å². The molecular weight excluding hydrogens is 270 g/mol. The summed E-state index contributed by atoms with van der Waals surface area (Å²) in [5.74, 6) is -2.48. The topological polar surface area (TPSA) is 12.0 Å². The lowest BCUT2D eigenvalue weighted by Crippen LogP contribution is -2.21. The SMILES string of the molecule is CC(NCc1cc(F)ccc1F)c1c(F)cccc1F. The predicted molar refractivity (Wildman–Crippen MR) is 68.0 cm³/mol. The molecule has 5 heteroatoms. The Hall–Kier alpha value is -1.88. The Balaban J connectivity index is 2.13. The summed E-state index contributed by atoms with van der Waals surface area (Å²) in [5.41, 5.74) is -0.0158. The molecule has 2 aromatic rings. The summed E-state index contributed by atoms with van der Waals surface area (Å²) >= 11 is 0. The summed E-state index contributed by atoms with van der Waals surface area (Å²) in [6.45, 7) is 1.53. The minimum absolute atomic E-state index is 0.0292. The van der Waals surface area contributed by atoms with Gasteiger partial charge >= 0.3 is 0 Å². The fourth-order valence-electron chi connectivity index (χ4n) is 1.97. The Morgan fingerprint density at radius 3 is 2.25 bits per heavy atom. The summed E-state index contributed by atoms with van der Waals surface area (Å²) in [4.78, 5) is 0. The fourth-order valence-corrected chi connectivity index (χ4v) is 1.97. The largest absolute Gasteiger partial charge is 0.306 e. The first kappa shape index (κ1) is 14.5. The van der Waals surface area contributed by atoms with Crippen molar-refractivity contribution in [3.8, 4) is 0 Å². The van der Waals surface area contributed by atoms with Crippen LogP contribution in [-0.4, -0.2) is 0 Å². The van der Waals surface area contributed by atoms with Crippen LogP contribution in [-0.2, 0) is 6.54 Å². The zero-order valence-corrected chi connectivity index (χ0v) is 10.8. The molecule has 106 valence electrons. The highest BCUT2D eigenvalue weighted by Gasteiger charge is 2.16. The van der Waals surface area contributed by atoms with Crippen LogP contribution in [0.5, 0.6) is 0 Å². The molecule has 0 aliphatic carbocycles. The normalized spacial score (nSPS) is 12.4. The van der Waals surface area contributed by atoms with Crippen LogP contribution in [0.15, 0.2) is 36.4 Å². The number of benzene rings is 2. The van der Waals surface area contributed by atoms with Gasteiger partial charge in [0.2, 0.25) is 0 Å². The minimum Gasteiger partial charge on any atom is -0.306 e. The third-order valence-electron chi connectivity index (χ3n) is 3.04. The Morgan fingerprint density at radius 1 is 0.950 bits per heavy atom. The molecule has 0 saturated heterocycles. The second-order valence-electron chi connectivity index (χ2n) is 4.47. The van der Waals surface area contributed by atoms with Gasteiger partial charge in [-0.3, -0.25) is 0 Å². The molecule has 0 aromatic heterocycles. The number of hydrogen-bond donors (Lipinski definition) is 1. The van der Waals surface area contributed by atoms with Gasteiger partial charge in [-0.25, -0.2) is 17.6 Å². The number of nitrogens with one attached hydrogen (secondary N) is 1. The Bertz CT molecular complexity index is 593. The van der Waals surface area contributed by atoms with Crippen molar-refractivity contribution in [3.05, 3.63) is 70.8 Å². The lowest BCUT2D eigenvalue weighted by atomic mass is 10.1. The van der Waals surface area contributed by atoms with E-state index in [2.05, 4.69) is 5.32 Å². The van der Waals surface area contributed by atoms with Crippen LogP contribution in [0.2, 0.25) is 0 Å². The molecule has 0 saturated carbocycles. The van der Waals surface area contributed by atoms with Crippen molar-refractivity contribution in [2.45, 2.75) is 19.5 Å². The van der Waals surface area contributed by atoms with Gasteiger partial charge in [0, 0.05) is 23.7 Å². The first-order valence-electron chi connectivity index (χ1n) is 6.10. The van der Waals surface area contributed by atoms with Gasteiger partial charge in [-0.2, -0.15) is 0 Å². The van der Waals surface area contributed by atoms with E-state index < -0.39 is 29.3 Å². The Morgan fingerprint density at radius 2 is 1.60 bits per heavy atom. The molecule has 0 aliphatic heterocycles. The highest BCUT2D eigenvalue weighted by molar-refractivity contribution is 5.24. The molecule has 0 bridgehead atoms. The van der Waals surface area contributed by atoms with Crippen LogP contribution in [0.1, 0.15) is 24.1 Å². The molecule has 1 unspecified atom stereocenters. The van der Waals surface area contributed by atoms with E-state index in [-0.39, 0.29) is 17.7 Å². The minimum atomic E-state index is -0.676. The van der Waals surface area contributed by atoms with Crippen molar-refractivity contribution < 1.29 is 17.6 Å². The Labute approximate surface area is 114 Å². The van der Waals surface area contributed by atoms with Crippen molar-refractivity contribution in [2.24, 2.45) is 0 Å². The quantitative estimate of drug-likeness (QED) is 0.833. The number of rotatable bonds is 4.